The highest BCUT2D eigenvalue weighted by molar-refractivity contribution is 14.1. The first-order valence-electron chi connectivity index (χ1n) is 5.89. The van der Waals surface area contributed by atoms with Crippen molar-refractivity contribution in [3.05, 3.63) is 56.4 Å². The van der Waals surface area contributed by atoms with Crippen molar-refractivity contribution in [2.45, 2.75) is 6.42 Å². The molecule has 0 spiro atoms. The van der Waals surface area contributed by atoms with Crippen LogP contribution in [0.2, 0.25) is 5.02 Å². The molecule has 1 heterocycles. The first-order chi connectivity index (χ1) is 9.95. The standard InChI is InChI=1S/C14H10ClIN2O3/c15-8-1-4-12(16)11(5-8)14(21)18-10-3-2-9(17-7-10)6-13(19)20/h1-5,7H,6H2,(H,18,21)(H,19,20). The number of carboxylic acids is 1. The van der Waals surface area contributed by atoms with Gasteiger partial charge in [-0.3, -0.25) is 14.6 Å². The number of halogens is 2. The fourth-order valence-corrected chi connectivity index (χ4v) is 2.38. The molecule has 1 aromatic carbocycles. The van der Waals surface area contributed by atoms with E-state index in [1.807, 2.05) is 0 Å². The first-order valence-corrected chi connectivity index (χ1v) is 7.34. The zero-order valence-electron chi connectivity index (χ0n) is 10.6. The quantitative estimate of drug-likeness (QED) is 0.750. The number of pyridine rings is 1. The van der Waals surface area contributed by atoms with E-state index in [2.05, 4.69) is 32.9 Å². The largest absolute Gasteiger partial charge is 0.481 e. The molecule has 21 heavy (non-hydrogen) atoms. The number of aromatic nitrogens is 1. The van der Waals surface area contributed by atoms with E-state index in [0.29, 0.717) is 22.0 Å². The third-order valence-corrected chi connectivity index (χ3v) is 3.76. The van der Waals surface area contributed by atoms with Crippen LogP contribution in [-0.2, 0) is 11.2 Å². The highest BCUT2D eigenvalue weighted by atomic mass is 127. The van der Waals surface area contributed by atoms with Crippen LogP contribution in [0.4, 0.5) is 5.69 Å². The molecule has 1 aromatic heterocycles. The minimum atomic E-state index is -0.951. The molecule has 2 aromatic rings. The predicted molar refractivity (Wildman–Crippen MR) is 87.7 cm³/mol. The molecule has 2 rings (SSSR count). The molecule has 2 N–H and O–H groups in total. The monoisotopic (exact) mass is 416 g/mol. The Morgan fingerprint density at radius 3 is 2.67 bits per heavy atom. The summed E-state index contributed by atoms with van der Waals surface area (Å²) in [5.41, 5.74) is 1.39. The average molecular weight is 417 g/mol. The Morgan fingerprint density at radius 1 is 1.29 bits per heavy atom. The van der Waals surface area contributed by atoms with E-state index in [4.69, 9.17) is 16.7 Å². The van der Waals surface area contributed by atoms with Gasteiger partial charge >= 0.3 is 5.97 Å². The second-order valence-electron chi connectivity index (χ2n) is 4.19. The van der Waals surface area contributed by atoms with Crippen LogP contribution in [0.3, 0.4) is 0 Å². The first kappa shape index (κ1) is 15.7. The van der Waals surface area contributed by atoms with Crippen molar-refractivity contribution >= 4 is 51.8 Å². The molecule has 0 aliphatic rings. The molecule has 0 saturated heterocycles. The van der Waals surface area contributed by atoms with Gasteiger partial charge in [0.05, 0.1) is 29.6 Å². The fraction of sp³-hybridized carbons (Fsp3) is 0.0714. The van der Waals surface area contributed by atoms with Crippen LogP contribution in [0.15, 0.2) is 36.5 Å². The molecule has 0 unspecified atom stereocenters. The number of carbonyl (C=O) groups is 2. The zero-order chi connectivity index (χ0) is 15.4. The second kappa shape index (κ2) is 6.86. The van der Waals surface area contributed by atoms with Gasteiger partial charge in [-0.1, -0.05) is 11.6 Å². The smallest absolute Gasteiger partial charge is 0.309 e. The summed E-state index contributed by atoms with van der Waals surface area (Å²) in [6.45, 7) is 0. The van der Waals surface area contributed by atoms with Gasteiger partial charge in [-0.15, -0.1) is 0 Å². The summed E-state index contributed by atoms with van der Waals surface area (Å²) < 4.78 is 0.782. The lowest BCUT2D eigenvalue weighted by Crippen LogP contribution is -2.14. The van der Waals surface area contributed by atoms with Crippen LogP contribution < -0.4 is 5.32 Å². The van der Waals surface area contributed by atoms with E-state index in [0.717, 1.165) is 3.57 Å². The number of benzene rings is 1. The SMILES string of the molecule is O=C(O)Cc1ccc(NC(=O)c2cc(Cl)ccc2I)cn1. The van der Waals surface area contributed by atoms with E-state index >= 15 is 0 Å². The highest BCUT2D eigenvalue weighted by Gasteiger charge is 2.11. The molecule has 5 nitrogen and oxygen atoms in total. The van der Waals surface area contributed by atoms with Crippen LogP contribution in [0.5, 0.6) is 0 Å². The maximum Gasteiger partial charge on any atom is 0.309 e. The zero-order valence-corrected chi connectivity index (χ0v) is 13.6. The summed E-state index contributed by atoms with van der Waals surface area (Å²) in [5.74, 6) is -1.25. The summed E-state index contributed by atoms with van der Waals surface area (Å²) in [5, 5.41) is 11.8. The van der Waals surface area contributed by atoms with Crippen molar-refractivity contribution in [1.29, 1.82) is 0 Å². The molecule has 0 atom stereocenters. The Labute approximate surface area is 139 Å². The number of nitrogens with zero attached hydrogens (tertiary/aromatic N) is 1. The van der Waals surface area contributed by atoms with Crippen molar-refractivity contribution < 1.29 is 14.7 Å². The molecular formula is C14H10ClIN2O3. The molecule has 0 saturated carbocycles. The topological polar surface area (TPSA) is 79.3 Å². The molecule has 0 radical (unpaired) electrons. The summed E-state index contributed by atoms with van der Waals surface area (Å²) in [4.78, 5) is 26.7. The van der Waals surface area contributed by atoms with Gasteiger partial charge in [-0.2, -0.15) is 0 Å². The molecule has 1 amide bonds. The van der Waals surface area contributed by atoms with Crippen molar-refractivity contribution in [3.8, 4) is 0 Å². The van der Waals surface area contributed by atoms with Crippen LogP contribution >= 0.6 is 34.2 Å². The number of nitrogens with one attached hydrogen (secondary N) is 1. The lowest BCUT2D eigenvalue weighted by atomic mass is 10.2. The van der Waals surface area contributed by atoms with Gasteiger partial charge in [-0.05, 0) is 52.9 Å². The van der Waals surface area contributed by atoms with E-state index in [9.17, 15) is 9.59 Å². The fourth-order valence-electron chi connectivity index (χ4n) is 1.63. The number of hydrogen-bond acceptors (Lipinski definition) is 3. The van der Waals surface area contributed by atoms with E-state index in [-0.39, 0.29) is 12.3 Å². The van der Waals surface area contributed by atoms with Crippen LogP contribution in [0.25, 0.3) is 0 Å². The third-order valence-electron chi connectivity index (χ3n) is 2.59. The van der Waals surface area contributed by atoms with E-state index in [1.54, 1.807) is 30.3 Å². The Kier molecular flexibility index (Phi) is 5.13. The second-order valence-corrected chi connectivity index (χ2v) is 5.79. The van der Waals surface area contributed by atoms with Gasteiger partial charge in [0.2, 0.25) is 0 Å². The van der Waals surface area contributed by atoms with Gasteiger partial charge in [-0.25, -0.2) is 0 Å². The van der Waals surface area contributed by atoms with E-state index < -0.39 is 5.97 Å². The minimum absolute atomic E-state index is 0.152. The Bertz CT molecular complexity index is 689. The van der Waals surface area contributed by atoms with Gasteiger partial charge < -0.3 is 10.4 Å². The number of carboxylic acid groups (broad SMARTS) is 1. The maximum absolute atomic E-state index is 12.2. The van der Waals surface area contributed by atoms with Gasteiger partial charge in [0.1, 0.15) is 0 Å². The van der Waals surface area contributed by atoms with Crippen LogP contribution in [0, 0.1) is 3.57 Å². The van der Waals surface area contributed by atoms with Gasteiger partial charge in [0, 0.05) is 8.59 Å². The minimum Gasteiger partial charge on any atom is -0.481 e. The molecule has 7 heteroatoms. The molecule has 0 bridgehead atoms. The normalized spacial score (nSPS) is 10.2. The summed E-state index contributed by atoms with van der Waals surface area (Å²) in [6, 6.07) is 8.23. The number of rotatable bonds is 4. The van der Waals surface area contributed by atoms with Crippen LogP contribution in [0.1, 0.15) is 16.1 Å². The Morgan fingerprint density at radius 2 is 2.05 bits per heavy atom. The summed E-state index contributed by atoms with van der Waals surface area (Å²) in [6.07, 6.45) is 1.27. The van der Waals surface area contributed by atoms with Crippen molar-refractivity contribution in [3.63, 3.8) is 0 Å². The average Bonchev–Trinajstić information content (AvgIpc) is 2.43. The molecule has 0 aliphatic carbocycles. The third kappa shape index (κ3) is 4.40. The van der Waals surface area contributed by atoms with Crippen molar-refractivity contribution in [2.24, 2.45) is 0 Å². The number of aliphatic carboxylic acids is 1. The van der Waals surface area contributed by atoms with Crippen LogP contribution in [-0.4, -0.2) is 22.0 Å². The predicted octanol–water partition coefficient (Wildman–Crippen LogP) is 3.22. The number of hydrogen-bond donors (Lipinski definition) is 2. The van der Waals surface area contributed by atoms with Crippen molar-refractivity contribution in [1.82, 2.24) is 4.98 Å². The number of amides is 1. The lowest BCUT2D eigenvalue weighted by Gasteiger charge is -2.07. The highest BCUT2D eigenvalue weighted by Crippen LogP contribution is 2.19. The Balaban J connectivity index is 2.12. The molecule has 0 aliphatic heterocycles. The molecule has 108 valence electrons. The Hall–Kier alpha value is -1.67. The number of carbonyl (C=O) groups excluding carboxylic acids is 1. The van der Waals surface area contributed by atoms with Gasteiger partial charge in [0.25, 0.3) is 5.91 Å². The van der Waals surface area contributed by atoms with Crippen molar-refractivity contribution in [2.75, 3.05) is 5.32 Å². The summed E-state index contributed by atoms with van der Waals surface area (Å²) in [7, 11) is 0. The maximum atomic E-state index is 12.2. The molecular weight excluding hydrogens is 407 g/mol. The lowest BCUT2D eigenvalue weighted by molar-refractivity contribution is -0.136. The summed E-state index contributed by atoms with van der Waals surface area (Å²) >= 11 is 7.93. The number of anilines is 1. The van der Waals surface area contributed by atoms with E-state index in [1.165, 1.54) is 6.20 Å². The van der Waals surface area contributed by atoms with Gasteiger partial charge in [0.15, 0.2) is 0 Å². The molecule has 0 fully saturated rings.